The topological polar surface area (TPSA) is 132 Å². The van der Waals surface area contributed by atoms with Crippen molar-refractivity contribution in [3.63, 3.8) is 0 Å². The minimum atomic E-state index is -0.452. The summed E-state index contributed by atoms with van der Waals surface area (Å²) in [6.45, 7) is 9.92. The maximum absolute atomic E-state index is 5.74. The van der Waals surface area contributed by atoms with Crippen LogP contribution in [0.25, 0.3) is 17.2 Å². The van der Waals surface area contributed by atoms with Gasteiger partial charge in [0.25, 0.3) is 5.89 Å². The highest BCUT2D eigenvalue weighted by Crippen LogP contribution is 2.38. The highest BCUT2D eigenvalue weighted by atomic mass is 16.5. The summed E-state index contributed by atoms with van der Waals surface area (Å²) in [5, 5.41) is 11.0. The monoisotopic (exact) mass is 391 g/mol. The molecule has 8 nitrogen and oxygen atoms in total. The summed E-state index contributed by atoms with van der Waals surface area (Å²) in [5.74, 6) is 1.46. The van der Waals surface area contributed by atoms with E-state index in [0.29, 0.717) is 17.4 Å². The van der Waals surface area contributed by atoms with Crippen LogP contribution in [0.5, 0.6) is 0 Å². The Bertz CT molecular complexity index is 1030. The van der Waals surface area contributed by atoms with Crippen molar-refractivity contribution in [2.45, 2.75) is 26.2 Å². The van der Waals surface area contributed by atoms with Gasteiger partial charge in [-0.3, -0.25) is 5.10 Å². The summed E-state index contributed by atoms with van der Waals surface area (Å²) >= 11 is 0. The number of H-pyrrole nitrogens is 1. The van der Waals surface area contributed by atoms with E-state index in [0.717, 1.165) is 16.7 Å². The lowest BCUT2D eigenvalue weighted by Crippen LogP contribution is -2.31. The van der Waals surface area contributed by atoms with E-state index in [1.807, 2.05) is 24.3 Å². The minimum Gasteiger partial charge on any atom is -0.404 e. The van der Waals surface area contributed by atoms with Gasteiger partial charge in [-0.2, -0.15) is 10.1 Å². The van der Waals surface area contributed by atoms with Crippen molar-refractivity contribution in [1.29, 1.82) is 0 Å². The van der Waals surface area contributed by atoms with E-state index in [2.05, 4.69) is 52.7 Å². The van der Waals surface area contributed by atoms with Crippen molar-refractivity contribution in [2.75, 3.05) is 0 Å². The molecular weight excluding hydrogens is 366 g/mol. The molecule has 0 saturated heterocycles. The number of rotatable bonds is 7. The van der Waals surface area contributed by atoms with E-state index < -0.39 is 5.41 Å². The van der Waals surface area contributed by atoms with Crippen molar-refractivity contribution in [3.8, 4) is 11.6 Å². The van der Waals surface area contributed by atoms with Crippen molar-refractivity contribution in [3.05, 3.63) is 72.1 Å². The molecule has 150 valence electrons. The third-order valence-electron chi connectivity index (χ3n) is 5.14. The number of allylic oxidation sites excluding steroid dienone is 1. The van der Waals surface area contributed by atoms with Crippen LogP contribution in [-0.2, 0) is 5.41 Å². The van der Waals surface area contributed by atoms with E-state index in [1.165, 1.54) is 6.20 Å². The Kier molecular flexibility index (Phi) is 5.63. The van der Waals surface area contributed by atoms with Gasteiger partial charge in [-0.05, 0) is 30.0 Å². The first-order chi connectivity index (χ1) is 13.9. The third-order valence-corrected chi connectivity index (χ3v) is 5.14. The zero-order chi connectivity index (χ0) is 21.0. The van der Waals surface area contributed by atoms with Crippen molar-refractivity contribution >= 4 is 11.8 Å². The van der Waals surface area contributed by atoms with Crippen LogP contribution in [0.2, 0.25) is 0 Å². The summed E-state index contributed by atoms with van der Waals surface area (Å²) in [4.78, 5) is 8.64. The molecule has 0 bridgehead atoms. The fourth-order valence-electron chi connectivity index (χ4n) is 3.01. The Hall–Kier alpha value is -3.68. The predicted molar refractivity (Wildman–Crippen MR) is 114 cm³/mol. The molecule has 0 fully saturated rings. The number of nitrogens with one attached hydrogen (secondary N) is 1. The number of aliphatic imine (C=N–C) groups is 1. The average molecular weight is 391 g/mol. The number of aromatic nitrogens is 4. The number of nitrogens with two attached hydrogens (primary N) is 2. The van der Waals surface area contributed by atoms with Crippen LogP contribution < -0.4 is 11.5 Å². The van der Waals surface area contributed by atoms with Crippen molar-refractivity contribution < 1.29 is 4.52 Å². The van der Waals surface area contributed by atoms with Crippen LogP contribution in [-0.4, -0.2) is 26.6 Å². The molecule has 0 unspecified atom stereocenters. The smallest absolute Gasteiger partial charge is 0.275 e. The van der Waals surface area contributed by atoms with Gasteiger partial charge in [-0.15, -0.1) is 0 Å². The maximum Gasteiger partial charge on any atom is 0.275 e. The van der Waals surface area contributed by atoms with Crippen molar-refractivity contribution in [1.82, 2.24) is 20.3 Å². The SMILES string of the molecule is C=C(N)/N=C\C(=C/N)c1ccc([C@@](C)(c2noc(-c3ccn[nH]3)n2)C(C)C)cc1. The van der Waals surface area contributed by atoms with Crippen LogP contribution in [0.15, 0.2) is 64.6 Å². The second-order valence-corrected chi connectivity index (χ2v) is 7.20. The summed E-state index contributed by atoms with van der Waals surface area (Å²) in [6, 6.07) is 9.83. The summed E-state index contributed by atoms with van der Waals surface area (Å²) in [5.41, 5.74) is 14.2. The van der Waals surface area contributed by atoms with Gasteiger partial charge < -0.3 is 16.0 Å². The molecular formula is C21H25N7O. The molecule has 3 rings (SSSR count). The predicted octanol–water partition coefficient (Wildman–Crippen LogP) is 3.22. The van der Waals surface area contributed by atoms with Crippen LogP contribution in [0.1, 0.15) is 37.7 Å². The van der Waals surface area contributed by atoms with E-state index in [-0.39, 0.29) is 11.7 Å². The Balaban J connectivity index is 1.96. The summed E-state index contributed by atoms with van der Waals surface area (Å²) in [7, 11) is 0. The molecule has 0 aliphatic heterocycles. The standard InChI is InChI=1S/C21H25N7O/c1-13(2)21(4,20-26-19(29-28-20)18-9-10-25-27-18)17-7-5-15(6-8-17)16(11-22)12-24-14(3)23/h5-13H,3,22-23H2,1-2,4H3,(H,25,27)/b16-11+,24-12-/t21-/m0/s1. The van der Waals surface area contributed by atoms with E-state index in [9.17, 15) is 0 Å². The molecule has 0 saturated carbocycles. The zero-order valence-corrected chi connectivity index (χ0v) is 16.8. The molecule has 0 aliphatic rings. The molecule has 29 heavy (non-hydrogen) atoms. The lowest BCUT2D eigenvalue weighted by atomic mass is 9.72. The second-order valence-electron chi connectivity index (χ2n) is 7.20. The molecule has 5 N–H and O–H groups in total. The number of benzene rings is 1. The Labute approximate surface area is 169 Å². The van der Waals surface area contributed by atoms with Crippen LogP contribution in [0.4, 0.5) is 0 Å². The first-order valence-electron chi connectivity index (χ1n) is 9.21. The molecule has 1 atom stereocenters. The van der Waals surface area contributed by atoms with Gasteiger partial charge in [0.2, 0.25) is 0 Å². The highest BCUT2D eigenvalue weighted by molar-refractivity contribution is 6.09. The van der Waals surface area contributed by atoms with E-state index in [4.69, 9.17) is 16.0 Å². The van der Waals surface area contributed by atoms with Crippen LogP contribution in [0, 0.1) is 5.92 Å². The van der Waals surface area contributed by atoms with Crippen LogP contribution in [0.3, 0.4) is 0 Å². The van der Waals surface area contributed by atoms with E-state index >= 15 is 0 Å². The van der Waals surface area contributed by atoms with Gasteiger partial charge in [0.05, 0.1) is 5.41 Å². The molecule has 2 heterocycles. The molecule has 0 aliphatic carbocycles. The number of aromatic amines is 1. The lowest BCUT2D eigenvalue weighted by molar-refractivity contribution is 0.350. The first kappa shape index (κ1) is 20.1. The Morgan fingerprint density at radius 3 is 2.55 bits per heavy atom. The number of hydrogen-bond donors (Lipinski definition) is 3. The quantitative estimate of drug-likeness (QED) is 0.530. The third kappa shape index (κ3) is 3.96. The fraction of sp³-hybridized carbons (Fsp3) is 0.238. The minimum absolute atomic E-state index is 0.215. The summed E-state index contributed by atoms with van der Waals surface area (Å²) < 4.78 is 5.47. The molecule has 0 amide bonds. The number of nitrogens with zero attached hydrogens (tertiary/aromatic N) is 4. The normalized spacial score (nSPS) is 14.4. The average Bonchev–Trinajstić information content (AvgIpc) is 3.39. The lowest BCUT2D eigenvalue weighted by Gasteiger charge is -2.31. The highest BCUT2D eigenvalue weighted by Gasteiger charge is 2.37. The molecule has 3 aromatic rings. The number of hydrogen-bond acceptors (Lipinski definition) is 7. The van der Waals surface area contributed by atoms with E-state index in [1.54, 1.807) is 18.5 Å². The Morgan fingerprint density at radius 1 is 1.28 bits per heavy atom. The van der Waals surface area contributed by atoms with Gasteiger partial charge in [0, 0.05) is 24.2 Å². The second kappa shape index (κ2) is 8.14. The molecule has 0 radical (unpaired) electrons. The van der Waals surface area contributed by atoms with Gasteiger partial charge in [0.1, 0.15) is 11.5 Å². The zero-order valence-electron chi connectivity index (χ0n) is 16.8. The molecule has 8 heteroatoms. The maximum atomic E-state index is 5.74. The van der Waals surface area contributed by atoms with Crippen molar-refractivity contribution in [2.24, 2.45) is 22.4 Å². The fourth-order valence-corrected chi connectivity index (χ4v) is 3.01. The van der Waals surface area contributed by atoms with Crippen LogP contribution >= 0.6 is 0 Å². The Morgan fingerprint density at radius 2 is 2.00 bits per heavy atom. The molecule has 1 aromatic carbocycles. The first-order valence-corrected chi connectivity index (χ1v) is 9.21. The molecule has 0 spiro atoms. The van der Waals surface area contributed by atoms with Gasteiger partial charge in [-0.25, -0.2) is 4.99 Å². The molecule has 2 aromatic heterocycles. The largest absolute Gasteiger partial charge is 0.404 e. The summed E-state index contributed by atoms with van der Waals surface area (Å²) in [6.07, 6.45) is 4.72. The van der Waals surface area contributed by atoms with Gasteiger partial charge in [0.15, 0.2) is 5.82 Å². The van der Waals surface area contributed by atoms with Gasteiger partial charge in [-0.1, -0.05) is 49.8 Å². The van der Waals surface area contributed by atoms with Gasteiger partial charge >= 0.3 is 0 Å².